The average Bonchev–Trinajstić information content (AvgIpc) is 2.92. The fourth-order valence-electron chi connectivity index (χ4n) is 4.76. The van der Waals surface area contributed by atoms with Crippen molar-refractivity contribution in [3.63, 3.8) is 0 Å². The first-order valence-electron chi connectivity index (χ1n) is 13.9. The molecule has 0 spiro atoms. The van der Waals surface area contributed by atoms with Crippen LogP contribution in [0, 0.1) is 0 Å². The number of hydrogen-bond acceptors (Lipinski definition) is 3. The zero-order chi connectivity index (χ0) is 27.1. The van der Waals surface area contributed by atoms with Crippen molar-refractivity contribution < 1.29 is 43.4 Å². The van der Waals surface area contributed by atoms with Gasteiger partial charge in [0.05, 0.1) is 34.2 Å². The third kappa shape index (κ3) is 9.20. The van der Waals surface area contributed by atoms with Gasteiger partial charge in [0.25, 0.3) is 0 Å². The van der Waals surface area contributed by atoms with Gasteiger partial charge < -0.3 is 24.8 Å². The van der Waals surface area contributed by atoms with E-state index in [1.54, 1.807) is 0 Å². The first-order chi connectivity index (χ1) is 17.8. The molecule has 0 aliphatic rings. The van der Waals surface area contributed by atoms with Crippen LogP contribution in [0.4, 0.5) is 11.4 Å². The Morgan fingerprint density at radius 1 is 0.575 bits per heavy atom. The van der Waals surface area contributed by atoms with Crippen LogP contribution in [0.1, 0.15) is 100 Å². The molecular weight excluding hydrogens is 596 g/mol. The van der Waals surface area contributed by atoms with E-state index in [1.807, 2.05) is 26.0 Å². The van der Waals surface area contributed by atoms with Gasteiger partial charge in [0.2, 0.25) is 0 Å². The van der Waals surface area contributed by atoms with Crippen LogP contribution in [0.5, 0.6) is 0 Å². The number of nitrogens with zero attached hydrogens (tertiary/aromatic N) is 3. The molecule has 0 amide bonds. The normalized spacial score (nSPS) is 11.4. The fourth-order valence-corrected chi connectivity index (χ4v) is 4.96. The summed E-state index contributed by atoms with van der Waals surface area (Å²) in [6.45, 7) is 17.2. The molecule has 1 heterocycles. The Kier molecular flexibility index (Phi) is 17.3. The summed E-state index contributed by atoms with van der Waals surface area (Å²) in [6.07, 6.45) is 5.85. The molecule has 0 saturated carbocycles. The standard InChI is InChI=1S/C33H42ClN3.2ClH.V/c1-9-23-15-25(11-3)32(26(12-4)16-23)35-21(7)30-19-29(34)20-31(37-30)22(8)36-33-27(13-5)17-24(10-2)18-28(33)14-6;;;/h15-20H,9-14H2,1-8H3;2*1H;/q;;;+2/p-2. The molecule has 0 unspecified atom stereocenters. The summed E-state index contributed by atoms with van der Waals surface area (Å²) in [7, 11) is 0. The van der Waals surface area contributed by atoms with Crippen LogP contribution in [0.2, 0.25) is 5.02 Å². The molecule has 2 aromatic carbocycles. The number of pyridine rings is 1. The Labute approximate surface area is 271 Å². The fraction of sp³-hybridized carbons (Fsp3) is 0.424. The molecule has 0 bridgehead atoms. The second-order valence-electron chi connectivity index (χ2n) is 9.60. The smallest absolute Gasteiger partial charge is 1.00 e. The summed E-state index contributed by atoms with van der Waals surface area (Å²) in [4.78, 5) is 15.2. The Morgan fingerprint density at radius 2 is 0.875 bits per heavy atom. The Morgan fingerprint density at radius 3 is 1.12 bits per heavy atom. The van der Waals surface area contributed by atoms with E-state index in [1.165, 1.54) is 33.4 Å². The molecule has 3 nitrogen and oxygen atoms in total. The van der Waals surface area contributed by atoms with Gasteiger partial charge in [-0.05, 0) is 97.9 Å². The van der Waals surface area contributed by atoms with Crippen LogP contribution < -0.4 is 24.8 Å². The number of rotatable bonds is 10. The summed E-state index contributed by atoms with van der Waals surface area (Å²) in [5.41, 5.74) is 13.3. The molecular formula is C33H42Cl3N3V. The van der Waals surface area contributed by atoms with Gasteiger partial charge in [-0.25, -0.2) is 4.98 Å². The van der Waals surface area contributed by atoms with Crippen molar-refractivity contribution >= 4 is 34.4 Å². The Hall–Kier alpha value is -1.62. The van der Waals surface area contributed by atoms with E-state index < -0.39 is 0 Å². The second-order valence-corrected chi connectivity index (χ2v) is 10.0. The van der Waals surface area contributed by atoms with Crippen molar-refractivity contribution in [3.05, 3.63) is 86.2 Å². The SMILES string of the molecule is CCc1cc(CC)c(N=C(C)c2cc(Cl)cc(C(C)=Nc3c(CC)cc(CC)cc3CC)n2)c(CC)c1.[Cl-].[Cl-].[V+2]. The summed E-state index contributed by atoms with van der Waals surface area (Å²) in [5.74, 6) is 0. The summed E-state index contributed by atoms with van der Waals surface area (Å²) >= 11 is 6.61. The number of aliphatic imine (C=N–C) groups is 2. The molecule has 0 aliphatic carbocycles. The van der Waals surface area contributed by atoms with Crippen LogP contribution in [0.15, 0.2) is 46.4 Å². The second kappa shape index (κ2) is 18.0. The molecule has 3 rings (SSSR count). The predicted molar refractivity (Wildman–Crippen MR) is 162 cm³/mol. The maximum atomic E-state index is 6.61. The third-order valence-corrected chi connectivity index (χ3v) is 7.30. The van der Waals surface area contributed by atoms with E-state index in [-0.39, 0.29) is 43.4 Å². The van der Waals surface area contributed by atoms with Crippen LogP contribution in [-0.4, -0.2) is 16.4 Å². The van der Waals surface area contributed by atoms with Gasteiger partial charge in [-0.1, -0.05) is 77.4 Å². The topological polar surface area (TPSA) is 37.6 Å². The van der Waals surface area contributed by atoms with Gasteiger partial charge in [-0.3, -0.25) is 9.98 Å². The van der Waals surface area contributed by atoms with E-state index >= 15 is 0 Å². The van der Waals surface area contributed by atoms with E-state index in [9.17, 15) is 0 Å². The van der Waals surface area contributed by atoms with Gasteiger partial charge in [-0.2, -0.15) is 0 Å². The molecule has 0 fully saturated rings. The van der Waals surface area contributed by atoms with Crippen LogP contribution in [-0.2, 0) is 57.1 Å². The zero-order valence-corrected chi connectivity index (χ0v) is 28.8. The van der Waals surface area contributed by atoms with Crippen molar-refractivity contribution in [1.29, 1.82) is 0 Å². The summed E-state index contributed by atoms with van der Waals surface area (Å²) in [5, 5.41) is 0.643. The number of aryl methyl sites for hydroxylation is 6. The molecule has 40 heavy (non-hydrogen) atoms. The van der Waals surface area contributed by atoms with Crippen LogP contribution >= 0.6 is 11.6 Å². The Balaban J connectivity index is 0.00000507. The van der Waals surface area contributed by atoms with Crippen molar-refractivity contribution in [2.45, 2.75) is 93.9 Å². The first-order valence-corrected chi connectivity index (χ1v) is 14.2. The largest absolute Gasteiger partial charge is 2.00 e. The predicted octanol–water partition coefficient (Wildman–Crippen LogP) is 3.40. The van der Waals surface area contributed by atoms with E-state index in [4.69, 9.17) is 26.6 Å². The van der Waals surface area contributed by atoms with Gasteiger partial charge >= 0.3 is 18.6 Å². The molecule has 1 aromatic heterocycles. The third-order valence-electron chi connectivity index (χ3n) is 7.09. The minimum atomic E-state index is 0. The number of aromatic nitrogens is 1. The van der Waals surface area contributed by atoms with Gasteiger partial charge in [0.1, 0.15) is 0 Å². The number of halogens is 3. The molecule has 215 valence electrons. The van der Waals surface area contributed by atoms with Crippen LogP contribution in [0.3, 0.4) is 0 Å². The van der Waals surface area contributed by atoms with Gasteiger partial charge in [0, 0.05) is 5.02 Å². The Bertz CT molecular complexity index is 1180. The molecule has 0 N–H and O–H groups in total. The van der Waals surface area contributed by atoms with E-state index in [0.29, 0.717) is 5.02 Å². The minimum Gasteiger partial charge on any atom is -1.00 e. The molecule has 0 saturated heterocycles. The zero-order valence-electron chi connectivity index (χ0n) is 25.1. The van der Waals surface area contributed by atoms with Gasteiger partial charge in [0.15, 0.2) is 0 Å². The van der Waals surface area contributed by atoms with Crippen molar-refractivity contribution in [3.8, 4) is 0 Å². The van der Waals surface area contributed by atoms with Crippen LogP contribution in [0.25, 0.3) is 0 Å². The summed E-state index contributed by atoms with van der Waals surface area (Å²) in [6, 6.07) is 13.0. The number of hydrogen-bond donors (Lipinski definition) is 0. The summed E-state index contributed by atoms with van der Waals surface area (Å²) < 4.78 is 0. The van der Waals surface area contributed by atoms with E-state index in [0.717, 1.165) is 72.7 Å². The average molecular weight is 638 g/mol. The van der Waals surface area contributed by atoms with Crippen molar-refractivity contribution in [2.24, 2.45) is 9.98 Å². The molecule has 0 atom stereocenters. The quantitative estimate of drug-likeness (QED) is 0.314. The van der Waals surface area contributed by atoms with Gasteiger partial charge in [-0.15, -0.1) is 0 Å². The maximum Gasteiger partial charge on any atom is 2.00 e. The molecule has 1 radical (unpaired) electrons. The number of benzene rings is 2. The molecule has 3 aromatic rings. The maximum absolute atomic E-state index is 6.61. The first kappa shape index (κ1) is 38.4. The molecule has 0 aliphatic heterocycles. The molecule has 7 heteroatoms. The minimum absolute atomic E-state index is 0. The van der Waals surface area contributed by atoms with E-state index in [2.05, 4.69) is 65.8 Å². The van der Waals surface area contributed by atoms with Crippen molar-refractivity contribution in [2.75, 3.05) is 0 Å². The van der Waals surface area contributed by atoms with Crippen molar-refractivity contribution in [1.82, 2.24) is 4.98 Å². The monoisotopic (exact) mass is 636 g/mol.